The normalized spacial score (nSPS) is 28.5. The molecule has 1 heterocycles. The van der Waals surface area contributed by atoms with Gasteiger partial charge in [0.1, 0.15) is 5.76 Å². The van der Waals surface area contributed by atoms with Gasteiger partial charge in [-0.15, -0.1) is 0 Å². The summed E-state index contributed by atoms with van der Waals surface area (Å²) in [5, 5.41) is 0. The van der Waals surface area contributed by atoms with Gasteiger partial charge in [-0.3, -0.25) is 0 Å². The lowest BCUT2D eigenvalue weighted by atomic mass is 10.1. The third kappa shape index (κ3) is 1.11. The van der Waals surface area contributed by atoms with Crippen LogP contribution in [0.3, 0.4) is 0 Å². The molecule has 0 aromatic carbocycles. The van der Waals surface area contributed by atoms with Gasteiger partial charge in [0.15, 0.2) is 0 Å². The van der Waals surface area contributed by atoms with Crippen LogP contribution in [0.15, 0.2) is 35.0 Å². The van der Waals surface area contributed by atoms with E-state index in [1.165, 1.54) is 12.0 Å². The minimum atomic E-state index is 0.627. The number of furan rings is 1. The smallest absolute Gasteiger partial charge is 0.107 e. The third-order valence-corrected chi connectivity index (χ3v) is 2.33. The molecule has 2 atom stereocenters. The van der Waals surface area contributed by atoms with E-state index < -0.39 is 0 Å². The van der Waals surface area contributed by atoms with Gasteiger partial charge in [0, 0.05) is 5.92 Å². The Bertz CT molecular complexity index is 258. The topological polar surface area (TPSA) is 13.1 Å². The fraction of sp³-hybridized carbons (Fsp3) is 0.400. The maximum Gasteiger partial charge on any atom is 0.107 e. The Kier molecular flexibility index (Phi) is 1.38. The van der Waals surface area contributed by atoms with Crippen molar-refractivity contribution in [1.29, 1.82) is 0 Å². The summed E-state index contributed by atoms with van der Waals surface area (Å²) in [4.78, 5) is 0. The highest BCUT2D eigenvalue weighted by Gasteiger charge is 2.40. The van der Waals surface area contributed by atoms with Crippen LogP contribution in [0.1, 0.15) is 25.0 Å². The predicted molar refractivity (Wildman–Crippen MR) is 44.4 cm³/mol. The van der Waals surface area contributed by atoms with Crippen LogP contribution in [0.5, 0.6) is 0 Å². The zero-order valence-electron chi connectivity index (χ0n) is 6.71. The van der Waals surface area contributed by atoms with Gasteiger partial charge in [0.25, 0.3) is 0 Å². The van der Waals surface area contributed by atoms with Gasteiger partial charge >= 0.3 is 0 Å². The van der Waals surface area contributed by atoms with Crippen molar-refractivity contribution >= 4 is 0 Å². The van der Waals surface area contributed by atoms with Crippen molar-refractivity contribution in [2.24, 2.45) is 5.92 Å². The monoisotopic (exact) mass is 148 g/mol. The molecule has 1 aliphatic carbocycles. The summed E-state index contributed by atoms with van der Waals surface area (Å²) >= 11 is 0. The van der Waals surface area contributed by atoms with Gasteiger partial charge in [-0.2, -0.15) is 0 Å². The number of hydrogen-bond acceptors (Lipinski definition) is 1. The lowest BCUT2D eigenvalue weighted by Crippen LogP contribution is -1.80. The minimum absolute atomic E-state index is 0.627. The van der Waals surface area contributed by atoms with Crippen LogP contribution in [0.2, 0.25) is 0 Å². The molecule has 0 bridgehead atoms. The molecular weight excluding hydrogens is 136 g/mol. The largest absolute Gasteiger partial charge is 0.469 e. The average Bonchev–Trinajstić information content (AvgIpc) is 2.60. The average molecular weight is 148 g/mol. The Morgan fingerprint density at radius 2 is 2.55 bits per heavy atom. The molecule has 1 aromatic rings. The molecule has 0 N–H and O–H groups in total. The maximum atomic E-state index is 5.30. The molecule has 1 heteroatoms. The number of rotatable bonds is 2. The van der Waals surface area contributed by atoms with Gasteiger partial charge < -0.3 is 4.42 Å². The molecule has 2 unspecified atom stereocenters. The van der Waals surface area contributed by atoms with Crippen molar-refractivity contribution < 1.29 is 4.42 Å². The molecule has 2 rings (SSSR count). The molecule has 0 saturated heterocycles. The molecule has 1 aliphatic rings. The summed E-state index contributed by atoms with van der Waals surface area (Å²) in [6, 6.07) is 4.00. The molecule has 0 aliphatic heterocycles. The van der Waals surface area contributed by atoms with Gasteiger partial charge in [0.05, 0.1) is 6.26 Å². The zero-order valence-corrected chi connectivity index (χ0v) is 6.71. The number of hydrogen-bond donors (Lipinski definition) is 0. The summed E-state index contributed by atoms with van der Waals surface area (Å²) in [6.45, 7) is 6.03. The summed E-state index contributed by atoms with van der Waals surface area (Å²) < 4.78 is 5.30. The fourth-order valence-electron chi connectivity index (χ4n) is 1.56. The molecule has 58 valence electrons. The Balaban J connectivity index is 2.08. The lowest BCUT2D eigenvalue weighted by molar-refractivity contribution is 0.507. The SMILES string of the molecule is C=C(C)C1CC1c1ccco1. The van der Waals surface area contributed by atoms with Crippen molar-refractivity contribution in [1.82, 2.24) is 0 Å². The van der Waals surface area contributed by atoms with Crippen LogP contribution in [0, 0.1) is 5.92 Å². The molecule has 1 aromatic heterocycles. The summed E-state index contributed by atoms with van der Waals surface area (Å²) in [5.41, 5.74) is 1.28. The van der Waals surface area contributed by atoms with Crippen molar-refractivity contribution in [3.05, 3.63) is 36.3 Å². The van der Waals surface area contributed by atoms with E-state index in [1.807, 2.05) is 12.1 Å². The maximum absolute atomic E-state index is 5.30. The van der Waals surface area contributed by atoms with Crippen LogP contribution in [-0.2, 0) is 0 Å². The number of allylic oxidation sites excluding steroid dienone is 1. The fourth-order valence-corrected chi connectivity index (χ4v) is 1.56. The Morgan fingerprint density at radius 1 is 1.73 bits per heavy atom. The zero-order chi connectivity index (χ0) is 7.84. The molecule has 0 spiro atoms. The van der Waals surface area contributed by atoms with Crippen LogP contribution in [-0.4, -0.2) is 0 Å². The summed E-state index contributed by atoms with van der Waals surface area (Å²) in [7, 11) is 0. The Labute approximate surface area is 66.7 Å². The van der Waals surface area contributed by atoms with E-state index in [0.29, 0.717) is 11.8 Å². The standard InChI is InChI=1S/C10H12O/c1-7(2)8-6-9(8)10-4-3-5-11-10/h3-5,8-9H,1,6H2,2H3. The molecule has 1 fully saturated rings. The first-order valence-electron chi connectivity index (χ1n) is 3.98. The quantitative estimate of drug-likeness (QED) is 0.588. The Hall–Kier alpha value is -0.980. The van der Waals surface area contributed by atoms with Gasteiger partial charge in [-0.05, 0) is 31.4 Å². The lowest BCUT2D eigenvalue weighted by Gasteiger charge is -1.93. The van der Waals surface area contributed by atoms with Crippen molar-refractivity contribution in [2.75, 3.05) is 0 Å². The molecule has 11 heavy (non-hydrogen) atoms. The van der Waals surface area contributed by atoms with E-state index in [-0.39, 0.29) is 0 Å². The molecule has 0 amide bonds. The first-order chi connectivity index (χ1) is 5.29. The highest BCUT2D eigenvalue weighted by Crippen LogP contribution is 2.51. The van der Waals surface area contributed by atoms with E-state index in [2.05, 4.69) is 13.5 Å². The predicted octanol–water partition coefficient (Wildman–Crippen LogP) is 2.96. The Morgan fingerprint density at radius 3 is 3.00 bits per heavy atom. The summed E-state index contributed by atoms with van der Waals surface area (Å²) in [5.74, 6) is 2.43. The molecular formula is C10H12O. The van der Waals surface area contributed by atoms with Crippen molar-refractivity contribution in [3.8, 4) is 0 Å². The van der Waals surface area contributed by atoms with Gasteiger partial charge in [0.2, 0.25) is 0 Å². The van der Waals surface area contributed by atoms with Gasteiger partial charge in [-0.25, -0.2) is 0 Å². The molecule has 0 radical (unpaired) electrons. The van der Waals surface area contributed by atoms with Gasteiger partial charge in [-0.1, -0.05) is 12.2 Å². The van der Waals surface area contributed by atoms with Crippen LogP contribution in [0.4, 0.5) is 0 Å². The third-order valence-electron chi connectivity index (χ3n) is 2.33. The van der Waals surface area contributed by atoms with E-state index in [1.54, 1.807) is 6.26 Å². The van der Waals surface area contributed by atoms with Crippen molar-refractivity contribution in [2.45, 2.75) is 19.3 Å². The van der Waals surface area contributed by atoms with E-state index in [4.69, 9.17) is 4.42 Å². The van der Waals surface area contributed by atoms with Crippen LogP contribution < -0.4 is 0 Å². The second kappa shape index (κ2) is 2.26. The minimum Gasteiger partial charge on any atom is -0.469 e. The van der Waals surface area contributed by atoms with E-state index in [9.17, 15) is 0 Å². The summed E-state index contributed by atoms with van der Waals surface area (Å²) in [6.07, 6.45) is 2.96. The van der Waals surface area contributed by atoms with Crippen LogP contribution >= 0.6 is 0 Å². The molecule has 1 saturated carbocycles. The van der Waals surface area contributed by atoms with Crippen molar-refractivity contribution in [3.63, 3.8) is 0 Å². The first-order valence-corrected chi connectivity index (χ1v) is 3.98. The van der Waals surface area contributed by atoms with E-state index in [0.717, 1.165) is 5.76 Å². The van der Waals surface area contributed by atoms with E-state index >= 15 is 0 Å². The highest BCUT2D eigenvalue weighted by molar-refractivity contribution is 5.23. The molecule has 1 nitrogen and oxygen atoms in total. The first kappa shape index (κ1) is 6.71. The second-order valence-corrected chi connectivity index (χ2v) is 3.31. The van der Waals surface area contributed by atoms with Crippen LogP contribution in [0.25, 0.3) is 0 Å². The highest BCUT2D eigenvalue weighted by atomic mass is 16.3. The second-order valence-electron chi connectivity index (χ2n) is 3.31.